The molecule has 4 rings (SSSR count). The van der Waals surface area contributed by atoms with Gasteiger partial charge >= 0.3 is 6.09 Å². The molecule has 1 amide bonds. The Morgan fingerprint density at radius 1 is 1.34 bits per heavy atom. The number of carbonyl (C=O) groups excluding carboxylic acids is 1. The Bertz CT molecular complexity index is 1200. The van der Waals surface area contributed by atoms with Crippen LogP contribution in [0.1, 0.15) is 31.4 Å². The quantitative estimate of drug-likeness (QED) is 0.225. The minimum Gasteiger partial charge on any atom is -0.450 e. The van der Waals surface area contributed by atoms with Gasteiger partial charge in [-0.05, 0) is 36.8 Å². The third-order valence-corrected chi connectivity index (χ3v) is 7.24. The summed E-state index contributed by atoms with van der Waals surface area (Å²) in [6.45, 7) is 3.12. The van der Waals surface area contributed by atoms with Crippen molar-refractivity contribution in [3.05, 3.63) is 61.7 Å². The zero-order chi connectivity index (χ0) is 22.7. The maximum atomic E-state index is 13.3. The first kappa shape index (κ1) is 22.3. The standard InChI is InChI=1S/C21H22N4O5S2/c1-2-30-21(27)23-9-6-15(7-10-23)24-19(26)18-17(8-11-31-18)22-20(24)32-13-14-4-3-5-16(12-14)25(28)29/h3-5,8,11-12,15H,2,6-7,9-10,13H2,1H3. The van der Waals surface area contributed by atoms with E-state index in [-0.39, 0.29) is 23.4 Å². The van der Waals surface area contributed by atoms with Gasteiger partial charge in [-0.25, -0.2) is 9.78 Å². The Morgan fingerprint density at radius 3 is 2.84 bits per heavy atom. The second-order valence-electron chi connectivity index (χ2n) is 7.34. The van der Waals surface area contributed by atoms with Crippen LogP contribution >= 0.6 is 23.1 Å². The van der Waals surface area contributed by atoms with E-state index in [4.69, 9.17) is 9.72 Å². The minimum absolute atomic E-state index is 0.0353. The van der Waals surface area contributed by atoms with Crippen LogP contribution in [-0.2, 0) is 10.5 Å². The molecule has 3 aromatic rings. The van der Waals surface area contributed by atoms with E-state index < -0.39 is 4.92 Å². The van der Waals surface area contributed by atoms with Crippen molar-refractivity contribution in [1.29, 1.82) is 0 Å². The molecular formula is C21H22N4O5S2. The summed E-state index contributed by atoms with van der Waals surface area (Å²) < 4.78 is 7.43. The number of thiophene rings is 1. The molecule has 1 fully saturated rings. The van der Waals surface area contributed by atoms with Crippen molar-refractivity contribution in [2.45, 2.75) is 36.7 Å². The molecule has 1 aliphatic heterocycles. The van der Waals surface area contributed by atoms with E-state index in [1.807, 2.05) is 17.5 Å². The predicted octanol–water partition coefficient (Wildman–Crippen LogP) is 4.45. The van der Waals surface area contributed by atoms with E-state index in [9.17, 15) is 19.7 Å². The van der Waals surface area contributed by atoms with Gasteiger partial charge in [-0.1, -0.05) is 23.9 Å². The summed E-state index contributed by atoms with van der Waals surface area (Å²) in [6, 6.07) is 8.21. The smallest absolute Gasteiger partial charge is 0.409 e. The van der Waals surface area contributed by atoms with Crippen molar-refractivity contribution >= 4 is 45.1 Å². The Labute approximate surface area is 192 Å². The van der Waals surface area contributed by atoms with Gasteiger partial charge in [0.05, 0.1) is 17.0 Å². The molecule has 0 N–H and O–H groups in total. The number of nitro groups is 1. The van der Waals surface area contributed by atoms with Crippen LogP contribution in [0.15, 0.2) is 45.7 Å². The number of aromatic nitrogens is 2. The number of ether oxygens (including phenoxy) is 1. The molecule has 0 unspecified atom stereocenters. The van der Waals surface area contributed by atoms with Crippen LogP contribution in [-0.4, -0.2) is 45.2 Å². The van der Waals surface area contributed by atoms with Crippen molar-refractivity contribution in [1.82, 2.24) is 14.5 Å². The molecule has 1 saturated heterocycles. The molecule has 1 aromatic carbocycles. The lowest BCUT2D eigenvalue weighted by atomic mass is 10.1. The zero-order valence-electron chi connectivity index (χ0n) is 17.4. The van der Waals surface area contributed by atoms with Crippen LogP contribution in [0.3, 0.4) is 0 Å². The van der Waals surface area contributed by atoms with E-state index in [2.05, 4.69) is 0 Å². The summed E-state index contributed by atoms with van der Waals surface area (Å²) in [4.78, 5) is 42.4. The third-order valence-electron chi connectivity index (χ3n) is 5.32. The van der Waals surface area contributed by atoms with Crippen LogP contribution in [0.5, 0.6) is 0 Å². The highest BCUT2D eigenvalue weighted by atomic mass is 32.2. The number of nitro benzene ring substituents is 1. The monoisotopic (exact) mass is 474 g/mol. The van der Waals surface area contributed by atoms with E-state index in [0.29, 0.717) is 53.7 Å². The molecule has 0 radical (unpaired) electrons. The van der Waals surface area contributed by atoms with Gasteiger partial charge in [0.2, 0.25) is 0 Å². The molecular weight excluding hydrogens is 452 g/mol. The highest BCUT2D eigenvalue weighted by Gasteiger charge is 2.28. The maximum absolute atomic E-state index is 13.3. The molecule has 3 heterocycles. The second kappa shape index (κ2) is 9.70. The molecule has 0 aliphatic carbocycles. The Kier molecular flexibility index (Phi) is 6.75. The maximum Gasteiger partial charge on any atom is 0.409 e. The van der Waals surface area contributed by atoms with Crippen molar-refractivity contribution in [3.63, 3.8) is 0 Å². The molecule has 0 spiro atoms. The molecule has 2 aromatic heterocycles. The summed E-state index contributed by atoms with van der Waals surface area (Å²) in [5.41, 5.74) is 1.39. The van der Waals surface area contributed by atoms with Gasteiger partial charge in [-0.2, -0.15) is 0 Å². The summed E-state index contributed by atoms with van der Waals surface area (Å²) in [7, 11) is 0. The summed E-state index contributed by atoms with van der Waals surface area (Å²) in [5.74, 6) is 0.450. The third kappa shape index (κ3) is 4.63. The number of hydrogen-bond donors (Lipinski definition) is 0. The first-order valence-corrected chi connectivity index (χ1v) is 12.1. The molecule has 32 heavy (non-hydrogen) atoms. The van der Waals surface area contributed by atoms with E-state index >= 15 is 0 Å². The zero-order valence-corrected chi connectivity index (χ0v) is 19.1. The van der Waals surface area contributed by atoms with Crippen molar-refractivity contribution in [2.24, 2.45) is 0 Å². The van der Waals surface area contributed by atoms with Gasteiger partial charge < -0.3 is 9.64 Å². The number of nitrogens with zero attached hydrogens (tertiary/aromatic N) is 4. The average molecular weight is 475 g/mol. The second-order valence-corrected chi connectivity index (χ2v) is 9.20. The van der Waals surface area contributed by atoms with Crippen molar-refractivity contribution in [3.8, 4) is 0 Å². The van der Waals surface area contributed by atoms with Crippen LogP contribution < -0.4 is 5.56 Å². The van der Waals surface area contributed by atoms with E-state index in [0.717, 1.165) is 5.56 Å². The molecule has 9 nitrogen and oxygen atoms in total. The van der Waals surface area contributed by atoms with Gasteiger partial charge in [-0.3, -0.25) is 19.5 Å². The van der Waals surface area contributed by atoms with Crippen LogP contribution in [0, 0.1) is 10.1 Å². The lowest BCUT2D eigenvalue weighted by Crippen LogP contribution is -2.41. The van der Waals surface area contributed by atoms with Crippen LogP contribution in [0.4, 0.5) is 10.5 Å². The lowest BCUT2D eigenvalue weighted by Gasteiger charge is -2.32. The van der Waals surface area contributed by atoms with Crippen LogP contribution in [0.2, 0.25) is 0 Å². The topological polar surface area (TPSA) is 108 Å². The minimum atomic E-state index is -0.420. The molecule has 0 bridgehead atoms. The Balaban J connectivity index is 1.60. The molecule has 168 valence electrons. The molecule has 0 saturated carbocycles. The largest absolute Gasteiger partial charge is 0.450 e. The summed E-state index contributed by atoms with van der Waals surface area (Å²) in [5, 5.41) is 13.5. The summed E-state index contributed by atoms with van der Waals surface area (Å²) in [6.07, 6.45) is 0.925. The number of carbonyl (C=O) groups is 1. The van der Waals surface area contributed by atoms with Crippen LogP contribution in [0.25, 0.3) is 10.2 Å². The number of non-ortho nitro benzene ring substituents is 1. The lowest BCUT2D eigenvalue weighted by molar-refractivity contribution is -0.384. The first-order valence-electron chi connectivity index (χ1n) is 10.3. The fourth-order valence-electron chi connectivity index (χ4n) is 3.76. The predicted molar refractivity (Wildman–Crippen MR) is 123 cm³/mol. The number of likely N-dealkylation sites (tertiary alicyclic amines) is 1. The number of amides is 1. The Hall–Kier alpha value is -2.92. The Morgan fingerprint density at radius 2 is 2.12 bits per heavy atom. The highest BCUT2D eigenvalue weighted by Crippen LogP contribution is 2.30. The van der Waals surface area contributed by atoms with Gasteiger partial charge in [0.1, 0.15) is 4.70 Å². The number of thioether (sulfide) groups is 1. The van der Waals surface area contributed by atoms with Gasteiger partial charge in [0, 0.05) is 37.0 Å². The van der Waals surface area contributed by atoms with E-state index in [1.54, 1.807) is 22.5 Å². The number of fused-ring (bicyclic) bond motifs is 1. The fraction of sp³-hybridized carbons (Fsp3) is 0.381. The summed E-state index contributed by atoms with van der Waals surface area (Å²) >= 11 is 2.76. The average Bonchev–Trinajstić information content (AvgIpc) is 3.27. The highest BCUT2D eigenvalue weighted by molar-refractivity contribution is 7.98. The SMILES string of the molecule is CCOC(=O)N1CCC(n2c(SCc3cccc([N+](=O)[O-])c3)nc3ccsc3c2=O)CC1. The fourth-order valence-corrected chi connectivity index (χ4v) is 5.53. The molecule has 0 atom stereocenters. The van der Waals surface area contributed by atoms with Gasteiger partial charge in [0.15, 0.2) is 5.16 Å². The first-order chi connectivity index (χ1) is 15.5. The molecule has 1 aliphatic rings. The van der Waals surface area contributed by atoms with Crippen molar-refractivity contribution in [2.75, 3.05) is 19.7 Å². The molecule has 11 heteroatoms. The van der Waals surface area contributed by atoms with Crippen molar-refractivity contribution < 1.29 is 14.5 Å². The number of hydrogen-bond acceptors (Lipinski definition) is 8. The number of rotatable bonds is 6. The normalized spacial score (nSPS) is 14.6. The van der Waals surface area contributed by atoms with E-state index in [1.165, 1.54) is 35.2 Å². The van der Waals surface area contributed by atoms with Gasteiger partial charge in [0.25, 0.3) is 11.2 Å². The number of benzene rings is 1. The van der Waals surface area contributed by atoms with Gasteiger partial charge in [-0.15, -0.1) is 11.3 Å². The number of piperidine rings is 1.